The van der Waals surface area contributed by atoms with Gasteiger partial charge in [-0.25, -0.2) is 4.79 Å². The highest BCUT2D eigenvalue weighted by molar-refractivity contribution is 5.89. The van der Waals surface area contributed by atoms with Crippen LogP contribution in [-0.2, 0) is 4.74 Å². The first kappa shape index (κ1) is 10.8. The Bertz CT molecular complexity index is 296. The lowest BCUT2D eigenvalue weighted by Gasteiger charge is -2.17. The number of carbonyl (C=O) groups excluding carboxylic acids is 1. The van der Waals surface area contributed by atoms with Crippen LogP contribution in [0.15, 0.2) is 30.3 Å². The normalized spacial score (nSPS) is 11.1. The van der Waals surface area contributed by atoms with Gasteiger partial charge in [0.1, 0.15) is 0 Å². The quantitative estimate of drug-likeness (QED) is 0.687. The van der Waals surface area contributed by atoms with E-state index in [0.717, 1.165) is 0 Å². The van der Waals surface area contributed by atoms with Crippen LogP contribution in [0.4, 0.5) is 0 Å². The summed E-state index contributed by atoms with van der Waals surface area (Å²) in [6.45, 7) is 8.04. The SMILES string of the molecule is [CH2]C(C)(C)COC(=O)c1ccccc1. The van der Waals surface area contributed by atoms with Gasteiger partial charge in [0.2, 0.25) is 0 Å². The lowest BCUT2D eigenvalue weighted by molar-refractivity contribution is 0.0396. The minimum absolute atomic E-state index is 0.232. The van der Waals surface area contributed by atoms with E-state index in [-0.39, 0.29) is 11.4 Å². The molecular weight excluding hydrogens is 176 g/mol. The lowest BCUT2D eigenvalue weighted by atomic mass is 9.99. The van der Waals surface area contributed by atoms with Gasteiger partial charge in [-0.1, -0.05) is 32.0 Å². The van der Waals surface area contributed by atoms with Crippen molar-refractivity contribution in [3.8, 4) is 0 Å². The Labute approximate surface area is 84.9 Å². The summed E-state index contributed by atoms with van der Waals surface area (Å²) in [7, 11) is 0. The zero-order chi connectivity index (χ0) is 10.6. The van der Waals surface area contributed by atoms with Gasteiger partial charge in [-0.2, -0.15) is 0 Å². The molecule has 0 bridgehead atoms. The highest BCUT2D eigenvalue weighted by atomic mass is 16.5. The molecule has 0 N–H and O–H groups in total. The fourth-order valence-electron chi connectivity index (χ4n) is 0.918. The fraction of sp³-hybridized carbons (Fsp3) is 0.333. The monoisotopic (exact) mass is 191 g/mol. The zero-order valence-corrected chi connectivity index (χ0v) is 8.62. The summed E-state index contributed by atoms with van der Waals surface area (Å²) in [6, 6.07) is 8.96. The molecule has 0 aromatic heterocycles. The summed E-state index contributed by atoms with van der Waals surface area (Å²) in [6.07, 6.45) is 0. The van der Waals surface area contributed by atoms with Crippen LogP contribution in [0.2, 0.25) is 0 Å². The first-order valence-corrected chi connectivity index (χ1v) is 4.56. The molecule has 0 heterocycles. The van der Waals surface area contributed by atoms with Crippen LogP contribution in [0.1, 0.15) is 24.2 Å². The number of esters is 1. The molecule has 0 aliphatic rings. The third-order valence-corrected chi connectivity index (χ3v) is 1.60. The molecule has 1 radical (unpaired) electrons. The van der Waals surface area contributed by atoms with E-state index in [0.29, 0.717) is 12.2 Å². The Kier molecular flexibility index (Phi) is 3.28. The average Bonchev–Trinajstić information content (AvgIpc) is 2.14. The molecule has 2 nitrogen and oxygen atoms in total. The number of rotatable bonds is 3. The van der Waals surface area contributed by atoms with Crippen molar-refractivity contribution in [1.82, 2.24) is 0 Å². The van der Waals surface area contributed by atoms with Crippen LogP contribution in [0, 0.1) is 12.3 Å². The molecule has 1 aromatic carbocycles. The molecule has 0 spiro atoms. The second-order valence-electron chi connectivity index (χ2n) is 4.11. The maximum atomic E-state index is 11.4. The molecule has 75 valence electrons. The van der Waals surface area contributed by atoms with Gasteiger partial charge >= 0.3 is 5.97 Å². The van der Waals surface area contributed by atoms with Crippen LogP contribution < -0.4 is 0 Å². The summed E-state index contributed by atoms with van der Waals surface area (Å²) in [4.78, 5) is 11.4. The molecule has 0 aliphatic heterocycles. The van der Waals surface area contributed by atoms with Gasteiger partial charge in [-0.3, -0.25) is 0 Å². The van der Waals surface area contributed by atoms with Crippen LogP contribution in [-0.4, -0.2) is 12.6 Å². The van der Waals surface area contributed by atoms with Gasteiger partial charge in [0.05, 0.1) is 12.2 Å². The van der Waals surface area contributed by atoms with E-state index in [9.17, 15) is 4.79 Å². The van der Waals surface area contributed by atoms with Gasteiger partial charge < -0.3 is 4.74 Å². The second-order valence-corrected chi connectivity index (χ2v) is 4.11. The Morgan fingerprint density at radius 3 is 2.43 bits per heavy atom. The second kappa shape index (κ2) is 4.27. The first-order valence-electron chi connectivity index (χ1n) is 4.56. The van der Waals surface area contributed by atoms with Crippen LogP contribution >= 0.6 is 0 Å². The molecule has 0 unspecified atom stereocenters. The van der Waals surface area contributed by atoms with Crippen molar-refractivity contribution in [2.45, 2.75) is 13.8 Å². The number of ether oxygens (including phenoxy) is 1. The predicted molar refractivity (Wildman–Crippen MR) is 55.9 cm³/mol. The molecule has 0 saturated carbocycles. The van der Waals surface area contributed by atoms with E-state index >= 15 is 0 Å². The van der Waals surface area contributed by atoms with E-state index in [4.69, 9.17) is 4.74 Å². The summed E-state index contributed by atoms with van der Waals surface area (Å²) in [5.74, 6) is -0.290. The summed E-state index contributed by atoms with van der Waals surface area (Å²) in [5, 5.41) is 0. The fourth-order valence-corrected chi connectivity index (χ4v) is 0.918. The molecule has 1 aromatic rings. The Balaban J connectivity index is 2.52. The molecule has 14 heavy (non-hydrogen) atoms. The van der Waals surface area contributed by atoms with Crippen molar-refractivity contribution in [2.75, 3.05) is 6.61 Å². The number of hydrogen-bond acceptors (Lipinski definition) is 2. The van der Waals surface area contributed by atoms with Crippen LogP contribution in [0.5, 0.6) is 0 Å². The van der Waals surface area contributed by atoms with Gasteiger partial charge in [-0.05, 0) is 24.5 Å². The largest absolute Gasteiger partial charge is 0.462 e. The number of carbonyl (C=O) groups is 1. The zero-order valence-electron chi connectivity index (χ0n) is 8.62. The van der Waals surface area contributed by atoms with Crippen molar-refractivity contribution in [2.24, 2.45) is 5.41 Å². The molecule has 0 saturated heterocycles. The van der Waals surface area contributed by atoms with Gasteiger partial charge in [0.25, 0.3) is 0 Å². The lowest BCUT2D eigenvalue weighted by Crippen LogP contribution is -2.18. The summed E-state index contributed by atoms with van der Waals surface area (Å²) >= 11 is 0. The van der Waals surface area contributed by atoms with Crippen molar-refractivity contribution >= 4 is 5.97 Å². The Morgan fingerprint density at radius 2 is 1.93 bits per heavy atom. The minimum Gasteiger partial charge on any atom is -0.462 e. The van der Waals surface area contributed by atoms with E-state index in [2.05, 4.69) is 6.92 Å². The van der Waals surface area contributed by atoms with E-state index in [1.54, 1.807) is 12.1 Å². The van der Waals surface area contributed by atoms with Crippen molar-refractivity contribution < 1.29 is 9.53 Å². The average molecular weight is 191 g/mol. The van der Waals surface area contributed by atoms with Gasteiger partial charge in [0, 0.05) is 0 Å². The Morgan fingerprint density at radius 1 is 1.36 bits per heavy atom. The summed E-state index contributed by atoms with van der Waals surface area (Å²) < 4.78 is 5.09. The standard InChI is InChI=1S/C12H15O2/c1-12(2,3)9-14-11(13)10-7-5-4-6-8-10/h4-8H,1,9H2,2-3H3. The first-order chi connectivity index (χ1) is 6.49. The molecule has 0 amide bonds. The highest BCUT2D eigenvalue weighted by Crippen LogP contribution is 2.13. The molecule has 1 rings (SSSR count). The number of benzene rings is 1. The molecule has 0 atom stereocenters. The van der Waals surface area contributed by atoms with Crippen LogP contribution in [0.25, 0.3) is 0 Å². The minimum atomic E-state index is -0.290. The third-order valence-electron chi connectivity index (χ3n) is 1.60. The smallest absolute Gasteiger partial charge is 0.338 e. The van der Waals surface area contributed by atoms with E-state index in [1.807, 2.05) is 32.0 Å². The number of hydrogen-bond donors (Lipinski definition) is 0. The summed E-state index contributed by atoms with van der Waals surface area (Å²) in [5.41, 5.74) is 0.349. The topological polar surface area (TPSA) is 26.3 Å². The van der Waals surface area contributed by atoms with Crippen molar-refractivity contribution in [1.29, 1.82) is 0 Å². The molecule has 2 heteroatoms. The third kappa shape index (κ3) is 3.60. The van der Waals surface area contributed by atoms with Crippen molar-refractivity contribution in [3.63, 3.8) is 0 Å². The van der Waals surface area contributed by atoms with Crippen molar-refractivity contribution in [3.05, 3.63) is 42.8 Å². The molecular formula is C12H15O2. The Hall–Kier alpha value is -1.31. The molecule has 0 aliphatic carbocycles. The van der Waals surface area contributed by atoms with Gasteiger partial charge in [0.15, 0.2) is 0 Å². The van der Waals surface area contributed by atoms with E-state index < -0.39 is 0 Å². The highest BCUT2D eigenvalue weighted by Gasteiger charge is 2.14. The van der Waals surface area contributed by atoms with Gasteiger partial charge in [-0.15, -0.1) is 0 Å². The maximum absolute atomic E-state index is 11.4. The van der Waals surface area contributed by atoms with Crippen LogP contribution in [0.3, 0.4) is 0 Å². The maximum Gasteiger partial charge on any atom is 0.338 e. The molecule has 0 fully saturated rings. The predicted octanol–water partition coefficient (Wildman–Crippen LogP) is 2.70. The van der Waals surface area contributed by atoms with E-state index in [1.165, 1.54) is 0 Å².